The molecule has 150 valence electrons. The molecule has 2 aromatic rings. The van der Waals surface area contributed by atoms with E-state index in [2.05, 4.69) is 9.80 Å². The summed E-state index contributed by atoms with van der Waals surface area (Å²) in [5, 5.41) is 15.8. The third-order valence-electron chi connectivity index (χ3n) is 4.63. The largest absolute Gasteiger partial charge is 0.492 e. The molecule has 1 saturated heterocycles. The van der Waals surface area contributed by atoms with Crippen molar-refractivity contribution in [3.63, 3.8) is 0 Å². The number of hydrogen-bond acceptors (Lipinski definition) is 7. The quantitative estimate of drug-likeness (QED) is 0.546. The fourth-order valence-corrected chi connectivity index (χ4v) is 3.55. The van der Waals surface area contributed by atoms with E-state index >= 15 is 0 Å². The summed E-state index contributed by atoms with van der Waals surface area (Å²) in [5.74, 6) is 0.594. The van der Waals surface area contributed by atoms with Crippen LogP contribution in [0.2, 0.25) is 0 Å². The maximum absolute atomic E-state index is 11.2. The lowest BCUT2D eigenvalue weighted by molar-refractivity contribution is -0.384. The van der Waals surface area contributed by atoms with Gasteiger partial charge in [-0.1, -0.05) is 0 Å². The van der Waals surface area contributed by atoms with E-state index in [0.29, 0.717) is 12.4 Å². The number of nitro groups is 1. The zero-order valence-corrected chi connectivity index (χ0v) is 16.0. The summed E-state index contributed by atoms with van der Waals surface area (Å²) in [6.07, 6.45) is 0. The molecule has 2 N–H and O–H groups in total. The van der Waals surface area contributed by atoms with Gasteiger partial charge in [-0.05, 0) is 36.4 Å². The third-order valence-corrected chi connectivity index (χ3v) is 5.56. The molecular formula is C18H22N4O5S. The van der Waals surface area contributed by atoms with Gasteiger partial charge in [0.05, 0.1) is 9.82 Å². The fraction of sp³-hybridized carbons (Fsp3) is 0.333. The molecule has 0 saturated carbocycles. The van der Waals surface area contributed by atoms with Crippen molar-refractivity contribution < 1.29 is 18.1 Å². The summed E-state index contributed by atoms with van der Waals surface area (Å²) in [4.78, 5) is 14.9. The van der Waals surface area contributed by atoms with Crippen molar-refractivity contribution in [3.8, 4) is 5.75 Å². The lowest BCUT2D eigenvalue weighted by Crippen LogP contribution is -2.47. The van der Waals surface area contributed by atoms with Crippen LogP contribution in [-0.2, 0) is 10.0 Å². The minimum atomic E-state index is -3.69. The number of primary sulfonamides is 1. The Morgan fingerprint density at radius 1 is 1.00 bits per heavy atom. The van der Waals surface area contributed by atoms with E-state index in [-0.39, 0.29) is 10.6 Å². The van der Waals surface area contributed by atoms with Gasteiger partial charge in [0, 0.05) is 50.5 Å². The monoisotopic (exact) mass is 406 g/mol. The van der Waals surface area contributed by atoms with Crippen LogP contribution in [0.25, 0.3) is 0 Å². The fourth-order valence-electron chi connectivity index (χ4n) is 3.03. The molecule has 0 radical (unpaired) electrons. The molecule has 0 bridgehead atoms. The summed E-state index contributed by atoms with van der Waals surface area (Å²) < 4.78 is 28.1. The maximum atomic E-state index is 11.2. The zero-order valence-electron chi connectivity index (χ0n) is 15.2. The normalized spacial score (nSPS) is 15.4. The lowest BCUT2D eigenvalue weighted by Gasteiger charge is -2.36. The Kier molecular flexibility index (Phi) is 6.12. The molecule has 0 atom stereocenters. The summed E-state index contributed by atoms with van der Waals surface area (Å²) in [5.41, 5.74) is 1.08. The molecule has 1 aliphatic rings. The van der Waals surface area contributed by atoms with Gasteiger partial charge in [-0.3, -0.25) is 15.0 Å². The van der Waals surface area contributed by atoms with Crippen LogP contribution in [0.1, 0.15) is 0 Å². The van der Waals surface area contributed by atoms with Gasteiger partial charge in [0.2, 0.25) is 10.0 Å². The van der Waals surface area contributed by atoms with Crippen molar-refractivity contribution in [1.82, 2.24) is 4.90 Å². The first-order chi connectivity index (χ1) is 13.3. The lowest BCUT2D eigenvalue weighted by atomic mass is 10.2. The minimum absolute atomic E-state index is 0.0576. The second-order valence-corrected chi connectivity index (χ2v) is 8.03. The van der Waals surface area contributed by atoms with Gasteiger partial charge in [0.15, 0.2) is 0 Å². The van der Waals surface area contributed by atoms with E-state index in [1.54, 1.807) is 24.3 Å². The van der Waals surface area contributed by atoms with Crippen molar-refractivity contribution in [2.45, 2.75) is 4.90 Å². The first-order valence-electron chi connectivity index (χ1n) is 8.80. The van der Waals surface area contributed by atoms with E-state index in [9.17, 15) is 18.5 Å². The Morgan fingerprint density at radius 3 is 2.14 bits per heavy atom. The SMILES string of the molecule is NS(=O)(=O)c1ccc(OCCN2CCN(c3ccc([N+](=O)[O-])cc3)CC2)cc1. The Bertz CT molecular complexity index is 908. The van der Waals surface area contributed by atoms with Crippen LogP contribution in [0.15, 0.2) is 53.4 Å². The standard InChI is InChI=1S/C18H22N4O5S/c19-28(25,26)18-7-5-17(6-8-18)27-14-13-20-9-11-21(12-10-20)15-1-3-16(4-2-15)22(23)24/h1-8H,9-14H2,(H2,19,25,26). The Balaban J connectivity index is 1.42. The van der Waals surface area contributed by atoms with E-state index in [4.69, 9.17) is 9.88 Å². The van der Waals surface area contributed by atoms with Crippen LogP contribution in [0.5, 0.6) is 5.75 Å². The summed E-state index contributed by atoms with van der Waals surface area (Å²) in [6.45, 7) is 4.65. The molecule has 9 nitrogen and oxygen atoms in total. The number of sulfonamides is 1. The molecule has 1 heterocycles. The second-order valence-electron chi connectivity index (χ2n) is 6.47. The predicted molar refractivity (Wildman–Crippen MR) is 105 cm³/mol. The van der Waals surface area contributed by atoms with Gasteiger partial charge < -0.3 is 9.64 Å². The van der Waals surface area contributed by atoms with Gasteiger partial charge in [0.1, 0.15) is 12.4 Å². The number of non-ortho nitro benzene ring substituents is 1. The number of piperazine rings is 1. The summed E-state index contributed by atoms with van der Waals surface area (Å²) in [7, 11) is -3.69. The predicted octanol–water partition coefficient (Wildman–Crippen LogP) is 1.44. The smallest absolute Gasteiger partial charge is 0.269 e. The maximum Gasteiger partial charge on any atom is 0.269 e. The number of benzene rings is 2. The Morgan fingerprint density at radius 2 is 1.61 bits per heavy atom. The van der Waals surface area contributed by atoms with E-state index in [0.717, 1.165) is 38.4 Å². The molecule has 0 amide bonds. The van der Waals surface area contributed by atoms with Crippen molar-refractivity contribution in [2.24, 2.45) is 5.14 Å². The summed E-state index contributed by atoms with van der Waals surface area (Å²) in [6, 6.07) is 12.6. The van der Waals surface area contributed by atoms with Crippen LogP contribution in [-0.4, -0.2) is 57.6 Å². The van der Waals surface area contributed by atoms with E-state index < -0.39 is 14.9 Å². The van der Waals surface area contributed by atoms with Gasteiger partial charge in [-0.2, -0.15) is 0 Å². The molecule has 1 fully saturated rings. The number of nitrogens with two attached hydrogens (primary N) is 1. The van der Waals surface area contributed by atoms with Crippen molar-refractivity contribution >= 4 is 21.4 Å². The Labute approximate surface area is 163 Å². The molecule has 0 unspecified atom stereocenters. The number of nitro benzene ring substituents is 1. The Hall–Kier alpha value is -2.69. The average Bonchev–Trinajstić information content (AvgIpc) is 2.68. The van der Waals surface area contributed by atoms with Crippen LogP contribution >= 0.6 is 0 Å². The van der Waals surface area contributed by atoms with Crippen LogP contribution in [0.4, 0.5) is 11.4 Å². The summed E-state index contributed by atoms with van der Waals surface area (Å²) >= 11 is 0. The second kappa shape index (κ2) is 8.55. The van der Waals surface area contributed by atoms with Gasteiger partial charge in [-0.15, -0.1) is 0 Å². The molecule has 1 aliphatic heterocycles. The topological polar surface area (TPSA) is 119 Å². The van der Waals surface area contributed by atoms with Crippen LogP contribution in [0, 0.1) is 10.1 Å². The van der Waals surface area contributed by atoms with Gasteiger partial charge in [-0.25, -0.2) is 13.6 Å². The van der Waals surface area contributed by atoms with Crippen LogP contribution < -0.4 is 14.8 Å². The number of anilines is 1. The highest BCUT2D eigenvalue weighted by Crippen LogP contribution is 2.20. The number of rotatable bonds is 7. The minimum Gasteiger partial charge on any atom is -0.492 e. The van der Waals surface area contributed by atoms with E-state index in [1.165, 1.54) is 24.3 Å². The number of ether oxygens (including phenoxy) is 1. The van der Waals surface area contributed by atoms with Crippen molar-refractivity contribution in [3.05, 3.63) is 58.6 Å². The first-order valence-corrected chi connectivity index (χ1v) is 10.3. The molecule has 10 heteroatoms. The number of nitrogens with zero attached hydrogens (tertiary/aromatic N) is 3. The average molecular weight is 406 g/mol. The molecule has 28 heavy (non-hydrogen) atoms. The number of hydrogen-bond donors (Lipinski definition) is 1. The highest BCUT2D eigenvalue weighted by atomic mass is 32.2. The van der Waals surface area contributed by atoms with Crippen molar-refractivity contribution in [2.75, 3.05) is 44.2 Å². The zero-order chi connectivity index (χ0) is 20.1. The van der Waals surface area contributed by atoms with Crippen LogP contribution in [0.3, 0.4) is 0 Å². The highest BCUT2D eigenvalue weighted by Gasteiger charge is 2.18. The third kappa shape index (κ3) is 5.18. The molecule has 0 aliphatic carbocycles. The van der Waals surface area contributed by atoms with Gasteiger partial charge >= 0.3 is 0 Å². The molecule has 0 aromatic heterocycles. The highest BCUT2D eigenvalue weighted by molar-refractivity contribution is 7.89. The molecule has 3 rings (SSSR count). The molecule has 2 aromatic carbocycles. The van der Waals surface area contributed by atoms with Crippen molar-refractivity contribution in [1.29, 1.82) is 0 Å². The molecule has 0 spiro atoms. The first kappa shape index (κ1) is 20.1. The van der Waals surface area contributed by atoms with E-state index in [1.807, 2.05) is 0 Å². The van der Waals surface area contributed by atoms with Gasteiger partial charge in [0.25, 0.3) is 5.69 Å². The molecular weight excluding hydrogens is 384 g/mol.